The highest BCUT2D eigenvalue weighted by Gasteiger charge is 2.32. The van der Waals surface area contributed by atoms with Gasteiger partial charge in [-0.3, -0.25) is 9.78 Å². The van der Waals surface area contributed by atoms with Crippen LogP contribution < -0.4 is 5.32 Å². The summed E-state index contributed by atoms with van der Waals surface area (Å²) in [6.45, 7) is 1.59. The molecular weight excluding hydrogens is 281 g/mol. The van der Waals surface area contributed by atoms with Gasteiger partial charge in [0.1, 0.15) is 0 Å². The quantitative estimate of drug-likeness (QED) is 0.943. The summed E-state index contributed by atoms with van der Waals surface area (Å²) in [5.74, 6) is -0.455. The van der Waals surface area contributed by atoms with Crippen molar-refractivity contribution in [2.45, 2.75) is 19.6 Å². The molecule has 0 saturated heterocycles. The predicted molar refractivity (Wildman–Crippen MR) is 71.6 cm³/mol. The van der Waals surface area contributed by atoms with Crippen LogP contribution in [0.1, 0.15) is 27.0 Å². The van der Waals surface area contributed by atoms with Crippen molar-refractivity contribution in [3.8, 4) is 0 Å². The molecule has 0 spiro atoms. The van der Waals surface area contributed by atoms with E-state index in [0.29, 0.717) is 5.56 Å². The van der Waals surface area contributed by atoms with E-state index in [4.69, 9.17) is 0 Å². The van der Waals surface area contributed by atoms with E-state index in [1.807, 2.05) is 0 Å². The zero-order valence-electron chi connectivity index (χ0n) is 11.2. The molecule has 21 heavy (non-hydrogen) atoms. The van der Waals surface area contributed by atoms with Crippen molar-refractivity contribution in [1.29, 1.82) is 0 Å². The first-order valence-electron chi connectivity index (χ1n) is 6.23. The highest BCUT2D eigenvalue weighted by Crippen LogP contribution is 2.31. The molecule has 0 aliphatic heterocycles. The van der Waals surface area contributed by atoms with Crippen LogP contribution in [0.5, 0.6) is 0 Å². The highest BCUT2D eigenvalue weighted by atomic mass is 19.4. The smallest absolute Gasteiger partial charge is 0.348 e. The van der Waals surface area contributed by atoms with Crippen LogP contribution in [0, 0.1) is 6.92 Å². The molecule has 2 aromatic rings. The molecule has 1 heterocycles. The Balaban J connectivity index is 2.12. The van der Waals surface area contributed by atoms with Crippen LogP contribution in [0.4, 0.5) is 13.2 Å². The summed E-state index contributed by atoms with van der Waals surface area (Å²) in [6.07, 6.45) is -1.47. The van der Waals surface area contributed by atoms with E-state index in [1.165, 1.54) is 24.4 Å². The van der Waals surface area contributed by atoms with Crippen LogP contribution >= 0.6 is 0 Å². The summed E-state index contributed by atoms with van der Waals surface area (Å²) in [5.41, 5.74) is 0.407. The number of aryl methyl sites for hydroxylation is 1. The molecule has 0 fully saturated rings. The monoisotopic (exact) mass is 294 g/mol. The van der Waals surface area contributed by atoms with Crippen molar-refractivity contribution < 1.29 is 18.0 Å². The van der Waals surface area contributed by atoms with Gasteiger partial charge in [-0.2, -0.15) is 13.2 Å². The molecule has 1 N–H and O–H groups in total. The van der Waals surface area contributed by atoms with Gasteiger partial charge in [0.25, 0.3) is 5.91 Å². The van der Waals surface area contributed by atoms with Gasteiger partial charge in [0, 0.05) is 18.9 Å². The SMILES string of the molecule is Cc1cncc(C(=O)NCc2ccccc2C(F)(F)F)c1. The molecule has 1 amide bonds. The molecule has 0 aliphatic rings. The second kappa shape index (κ2) is 5.95. The van der Waals surface area contributed by atoms with Crippen molar-refractivity contribution in [2.75, 3.05) is 0 Å². The third-order valence-electron chi connectivity index (χ3n) is 2.90. The largest absolute Gasteiger partial charge is 0.416 e. The summed E-state index contributed by atoms with van der Waals surface area (Å²) < 4.78 is 38.5. The summed E-state index contributed by atoms with van der Waals surface area (Å²) in [7, 11) is 0. The average molecular weight is 294 g/mol. The number of nitrogens with zero attached hydrogens (tertiary/aromatic N) is 1. The number of carbonyl (C=O) groups excluding carboxylic acids is 1. The first-order chi connectivity index (χ1) is 9.88. The Bertz CT molecular complexity index is 653. The maximum absolute atomic E-state index is 12.8. The van der Waals surface area contributed by atoms with E-state index in [9.17, 15) is 18.0 Å². The Labute approximate surface area is 119 Å². The first-order valence-corrected chi connectivity index (χ1v) is 6.23. The molecule has 0 unspecified atom stereocenters. The molecular formula is C15H13F3N2O. The molecule has 2 rings (SSSR count). The summed E-state index contributed by atoms with van der Waals surface area (Å²) in [4.78, 5) is 15.8. The van der Waals surface area contributed by atoms with Gasteiger partial charge >= 0.3 is 6.18 Å². The molecule has 0 bridgehead atoms. The van der Waals surface area contributed by atoms with Crippen LogP contribution in [0.3, 0.4) is 0 Å². The van der Waals surface area contributed by atoms with E-state index in [1.54, 1.807) is 19.2 Å². The van der Waals surface area contributed by atoms with E-state index in [2.05, 4.69) is 10.3 Å². The van der Waals surface area contributed by atoms with Gasteiger partial charge in [0.05, 0.1) is 11.1 Å². The molecule has 0 aliphatic carbocycles. The molecule has 110 valence electrons. The van der Waals surface area contributed by atoms with Crippen LogP contribution in [0.25, 0.3) is 0 Å². The maximum Gasteiger partial charge on any atom is 0.416 e. The fourth-order valence-corrected chi connectivity index (χ4v) is 1.91. The Morgan fingerprint density at radius 2 is 1.95 bits per heavy atom. The van der Waals surface area contributed by atoms with Crippen molar-refractivity contribution >= 4 is 5.91 Å². The van der Waals surface area contributed by atoms with Gasteiger partial charge in [0.2, 0.25) is 0 Å². The normalized spacial score (nSPS) is 11.2. The second-order valence-corrected chi connectivity index (χ2v) is 4.59. The Kier molecular flexibility index (Phi) is 4.26. The van der Waals surface area contributed by atoms with E-state index >= 15 is 0 Å². The van der Waals surface area contributed by atoms with Gasteiger partial charge in [0.15, 0.2) is 0 Å². The minimum Gasteiger partial charge on any atom is -0.348 e. The van der Waals surface area contributed by atoms with E-state index in [-0.39, 0.29) is 12.1 Å². The molecule has 0 saturated carbocycles. The van der Waals surface area contributed by atoms with Gasteiger partial charge in [-0.15, -0.1) is 0 Å². The van der Waals surface area contributed by atoms with Crippen molar-refractivity contribution in [1.82, 2.24) is 10.3 Å². The van der Waals surface area contributed by atoms with Crippen LogP contribution in [0.15, 0.2) is 42.7 Å². The van der Waals surface area contributed by atoms with Gasteiger partial charge in [-0.1, -0.05) is 18.2 Å². The number of aromatic nitrogens is 1. The fourth-order valence-electron chi connectivity index (χ4n) is 1.91. The van der Waals surface area contributed by atoms with Crippen molar-refractivity contribution in [3.05, 3.63) is 65.0 Å². The molecule has 1 aromatic heterocycles. The van der Waals surface area contributed by atoms with Gasteiger partial charge < -0.3 is 5.32 Å². The second-order valence-electron chi connectivity index (χ2n) is 4.59. The lowest BCUT2D eigenvalue weighted by molar-refractivity contribution is -0.138. The Hall–Kier alpha value is -2.37. The zero-order chi connectivity index (χ0) is 15.5. The molecule has 6 heteroatoms. The number of benzene rings is 1. The lowest BCUT2D eigenvalue weighted by Gasteiger charge is -2.13. The summed E-state index contributed by atoms with van der Waals surface area (Å²) in [5, 5.41) is 2.48. The van der Waals surface area contributed by atoms with Crippen LogP contribution in [0.2, 0.25) is 0 Å². The van der Waals surface area contributed by atoms with E-state index < -0.39 is 17.6 Å². The van der Waals surface area contributed by atoms with Crippen LogP contribution in [-0.4, -0.2) is 10.9 Å². The number of halogens is 3. The van der Waals surface area contributed by atoms with Crippen molar-refractivity contribution in [3.63, 3.8) is 0 Å². The zero-order valence-corrected chi connectivity index (χ0v) is 11.2. The third-order valence-corrected chi connectivity index (χ3v) is 2.90. The van der Waals surface area contributed by atoms with Crippen molar-refractivity contribution in [2.24, 2.45) is 0 Å². The number of pyridine rings is 1. The average Bonchev–Trinajstić information content (AvgIpc) is 2.44. The summed E-state index contributed by atoms with van der Waals surface area (Å²) in [6, 6.07) is 6.79. The number of hydrogen-bond donors (Lipinski definition) is 1. The van der Waals surface area contributed by atoms with Gasteiger partial charge in [-0.25, -0.2) is 0 Å². The number of alkyl halides is 3. The maximum atomic E-state index is 12.8. The number of carbonyl (C=O) groups is 1. The lowest BCUT2D eigenvalue weighted by atomic mass is 10.1. The van der Waals surface area contributed by atoms with Gasteiger partial charge in [-0.05, 0) is 30.2 Å². The van der Waals surface area contributed by atoms with Crippen LogP contribution in [-0.2, 0) is 12.7 Å². The molecule has 1 aromatic carbocycles. The minimum absolute atomic E-state index is 0.0268. The Morgan fingerprint density at radius 3 is 2.62 bits per heavy atom. The minimum atomic E-state index is -4.44. The third kappa shape index (κ3) is 3.81. The number of rotatable bonds is 3. The fraction of sp³-hybridized carbons (Fsp3) is 0.200. The number of amides is 1. The predicted octanol–water partition coefficient (Wildman–Crippen LogP) is 3.34. The first kappa shape index (κ1) is 15.0. The number of hydrogen-bond acceptors (Lipinski definition) is 2. The standard InChI is InChI=1S/C15H13F3N2O/c1-10-6-12(8-19-7-10)14(21)20-9-11-4-2-3-5-13(11)15(16,17)18/h2-8H,9H2,1H3,(H,20,21). The topological polar surface area (TPSA) is 42.0 Å². The molecule has 0 radical (unpaired) electrons. The molecule has 3 nitrogen and oxygen atoms in total. The Morgan fingerprint density at radius 1 is 1.24 bits per heavy atom. The van der Waals surface area contributed by atoms with E-state index in [0.717, 1.165) is 11.6 Å². The highest BCUT2D eigenvalue weighted by molar-refractivity contribution is 5.93. The summed E-state index contributed by atoms with van der Waals surface area (Å²) >= 11 is 0. The number of nitrogens with one attached hydrogen (secondary N) is 1. The lowest BCUT2D eigenvalue weighted by Crippen LogP contribution is -2.24. The molecule has 0 atom stereocenters.